The van der Waals surface area contributed by atoms with E-state index in [4.69, 9.17) is 0 Å². The van der Waals surface area contributed by atoms with Crippen molar-refractivity contribution in [3.05, 3.63) is 12.7 Å². The van der Waals surface area contributed by atoms with Gasteiger partial charge in [0.05, 0.1) is 4.83 Å². The number of alkyl halides is 1. The van der Waals surface area contributed by atoms with Crippen molar-refractivity contribution in [3.8, 4) is 0 Å². The normalized spacial score (nSPS) is 12.7. The van der Waals surface area contributed by atoms with Gasteiger partial charge in [0.1, 0.15) is 0 Å². The Morgan fingerprint density at radius 2 is 2.15 bits per heavy atom. The molecule has 3 heteroatoms. The average Bonchev–Trinajstić information content (AvgIpc) is 2.11. The van der Waals surface area contributed by atoms with Gasteiger partial charge in [-0.3, -0.25) is 4.79 Å². The summed E-state index contributed by atoms with van der Waals surface area (Å²) in [4.78, 5) is 13.5. The summed E-state index contributed by atoms with van der Waals surface area (Å²) in [5.41, 5.74) is 0. The molecular weight excluding hydrogens is 230 g/mol. The van der Waals surface area contributed by atoms with Gasteiger partial charge in [0.15, 0.2) is 0 Å². The smallest absolute Gasteiger partial charge is 0.236 e. The van der Waals surface area contributed by atoms with E-state index in [1.807, 2.05) is 25.7 Å². The Balaban J connectivity index is 4.35. The standard InChI is InChI=1S/C10H18BrNO/c1-5-7-12(8(3)4)10(13)9(11)6-2/h5,8-9H,1,6-7H2,2-4H3. The Morgan fingerprint density at radius 1 is 1.62 bits per heavy atom. The molecule has 0 aliphatic rings. The Bertz CT molecular complexity index is 180. The van der Waals surface area contributed by atoms with Crippen molar-refractivity contribution in [2.75, 3.05) is 6.54 Å². The highest BCUT2D eigenvalue weighted by Crippen LogP contribution is 2.11. The zero-order valence-corrected chi connectivity index (χ0v) is 10.2. The maximum absolute atomic E-state index is 11.7. The van der Waals surface area contributed by atoms with Crippen LogP contribution in [0.5, 0.6) is 0 Å². The number of carbonyl (C=O) groups is 1. The number of hydrogen-bond donors (Lipinski definition) is 0. The van der Waals surface area contributed by atoms with E-state index < -0.39 is 0 Å². The summed E-state index contributed by atoms with van der Waals surface area (Å²) < 4.78 is 0. The van der Waals surface area contributed by atoms with E-state index in [2.05, 4.69) is 22.5 Å². The van der Waals surface area contributed by atoms with Gasteiger partial charge in [0, 0.05) is 12.6 Å². The third-order valence-corrected chi connectivity index (χ3v) is 2.90. The lowest BCUT2D eigenvalue weighted by Gasteiger charge is -2.27. The predicted molar refractivity (Wildman–Crippen MR) is 60.1 cm³/mol. The van der Waals surface area contributed by atoms with Crippen LogP contribution < -0.4 is 0 Å². The fourth-order valence-electron chi connectivity index (χ4n) is 1.05. The van der Waals surface area contributed by atoms with Gasteiger partial charge >= 0.3 is 0 Å². The largest absolute Gasteiger partial charge is 0.336 e. The van der Waals surface area contributed by atoms with Gasteiger partial charge in [0.2, 0.25) is 5.91 Å². The lowest BCUT2D eigenvalue weighted by Crippen LogP contribution is -2.41. The number of nitrogens with zero attached hydrogens (tertiary/aromatic N) is 1. The Labute approximate surface area is 89.1 Å². The van der Waals surface area contributed by atoms with Crippen LogP contribution in [0.15, 0.2) is 12.7 Å². The summed E-state index contributed by atoms with van der Waals surface area (Å²) >= 11 is 3.36. The summed E-state index contributed by atoms with van der Waals surface area (Å²) in [7, 11) is 0. The van der Waals surface area contributed by atoms with Crippen LogP contribution in [0.1, 0.15) is 27.2 Å². The second kappa shape index (κ2) is 6.19. The van der Waals surface area contributed by atoms with E-state index in [9.17, 15) is 4.79 Å². The lowest BCUT2D eigenvalue weighted by molar-refractivity contribution is -0.131. The highest BCUT2D eigenvalue weighted by atomic mass is 79.9. The van der Waals surface area contributed by atoms with Gasteiger partial charge in [-0.05, 0) is 20.3 Å². The minimum atomic E-state index is -0.0603. The van der Waals surface area contributed by atoms with Crippen molar-refractivity contribution in [2.24, 2.45) is 0 Å². The number of hydrogen-bond acceptors (Lipinski definition) is 1. The summed E-state index contributed by atoms with van der Waals surface area (Å²) in [6, 6.07) is 0.233. The van der Waals surface area contributed by atoms with Crippen molar-refractivity contribution in [1.82, 2.24) is 4.90 Å². The van der Waals surface area contributed by atoms with Crippen LogP contribution in [0.4, 0.5) is 0 Å². The van der Waals surface area contributed by atoms with Crippen molar-refractivity contribution >= 4 is 21.8 Å². The van der Waals surface area contributed by atoms with Crippen molar-refractivity contribution in [2.45, 2.75) is 38.1 Å². The van der Waals surface area contributed by atoms with Gasteiger partial charge in [-0.25, -0.2) is 0 Å². The highest BCUT2D eigenvalue weighted by molar-refractivity contribution is 9.10. The summed E-state index contributed by atoms with van der Waals surface area (Å²) in [6.07, 6.45) is 2.58. The molecule has 1 atom stereocenters. The molecule has 76 valence electrons. The van der Waals surface area contributed by atoms with Crippen LogP contribution in [0.3, 0.4) is 0 Å². The van der Waals surface area contributed by atoms with E-state index in [1.54, 1.807) is 6.08 Å². The Hall–Kier alpha value is -0.310. The third-order valence-electron chi connectivity index (χ3n) is 1.86. The van der Waals surface area contributed by atoms with Crippen molar-refractivity contribution in [3.63, 3.8) is 0 Å². The number of carbonyl (C=O) groups excluding carboxylic acids is 1. The molecule has 1 unspecified atom stereocenters. The average molecular weight is 248 g/mol. The monoisotopic (exact) mass is 247 g/mol. The molecule has 1 amide bonds. The molecule has 0 radical (unpaired) electrons. The Kier molecular flexibility index (Phi) is 6.04. The number of halogens is 1. The van der Waals surface area contributed by atoms with Crippen molar-refractivity contribution in [1.29, 1.82) is 0 Å². The van der Waals surface area contributed by atoms with Crippen LogP contribution in [0.25, 0.3) is 0 Å². The summed E-state index contributed by atoms with van der Waals surface area (Å²) in [5, 5.41) is 0. The van der Waals surface area contributed by atoms with Crippen LogP contribution in [0, 0.1) is 0 Å². The minimum absolute atomic E-state index is 0.0603. The molecule has 0 saturated heterocycles. The maximum Gasteiger partial charge on any atom is 0.236 e. The van der Waals surface area contributed by atoms with Crippen LogP contribution in [-0.2, 0) is 4.79 Å². The molecule has 0 spiro atoms. The first-order valence-electron chi connectivity index (χ1n) is 4.60. The summed E-state index contributed by atoms with van der Waals surface area (Å²) in [5.74, 6) is 0.150. The van der Waals surface area contributed by atoms with Gasteiger partial charge < -0.3 is 4.90 Å². The van der Waals surface area contributed by atoms with Gasteiger partial charge in [-0.2, -0.15) is 0 Å². The molecule has 0 aromatic heterocycles. The van der Waals surface area contributed by atoms with Crippen LogP contribution in [-0.4, -0.2) is 28.2 Å². The predicted octanol–water partition coefficient (Wildman–Crippen LogP) is 2.58. The fourth-order valence-corrected chi connectivity index (χ4v) is 1.31. The number of amides is 1. The molecule has 0 rings (SSSR count). The first-order valence-corrected chi connectivity index (χ1v) is 5.51. The second-order valence-corrected chi connectivity index (χ2v) is 4.35. The molecule has 2 nitrogen and oxygen atoms in total. The Morgan fingerprint density at radius 3 is 2.46 bits per heavy atom. The quantitative estimate of drug-likeness (QED) is 0.541. The third kappa shape index (κ3) is 3.94. The second-order valence-electron chi connectivity index (χ2n) is 3.25. The molecule has 13 heavy (non-hydrogen) atoms. The molecule has 0 saturated carbocycles. The fraction of sp³-hybridized carbons (Fsp3) is 0.700. The molecule has 0 heterocycles. The molecule has 0 N–H and O–H groups in total. The SMILES string of the molecule is C=CCN(C(=O)C(Br)CC)C(C)C. The molecule has 0 fully saturated rings. The van der Waals surface area contributed by atoms with Gasteiger partial charge in [-0.1, -0.05) is 28.9 Å². The maximum atomic E-state index is 11.7. The van der Waals surface area contributed by atoms with Crippen LogP contribution >= 0.6 is 15.9 Å². The first kappa shape index (κ1) is 12.7. The zero-order chi connectivity index (χ0) is 10.4. The lowest BCUT2D eigenvalue weighted by atomic mass is 10.2. The molecule has 0 aliphatic heterocycles. The van der Waals surface area contributed by atoms with E-state index in [0.717, 1.165) is 6.42 Å². The van der Waals surface area contributed by atoms with Crippen LogP contribution in [0.2, 0.25) is 0 Å². The van der Waals surface area contributed by atoms with E-state index in [1.165, 1.54) is 0 Å². The van der Waals surface area contributed by atoms with E-state index in [0.29, 0.717) is 6.54 Å². The summed E-state index contributed by atoms with van der Waals surface area (Å²) in [6.45, 7) is 10.3. The van der Waals surface area contributed by atoms with Gasteiger partial charge in [0.25, 0.3) is 0 Å². The molecule has 0 aromatic carbocycles. The molecular formula is C10H18BrNO. The van der Waals surface area contributed by atoms with E-state index >= 15 is 0 Å². The first-order chi connectivity index (χ1) is 6.04. The van der Waals surface area contributed by atoms with Crippen molar-refractivity contribution < 1.29 is 4.79 Å². The molecule has 0 bridgehead atoms. The topological polar surface area (TPSA) is 20.3 Å². The van der Waals surface area contributed by atoms with Gasteiger partial charge in [-0.15, -0.1) is 6.58 Å². The minimum Gasteiger partial charge on any atom is -0.336 e. The highest BCUT2D eigenvalue weighted by Gasteiger charge is 2.21. The van der Waals surface area contributed by atoms with E-state index in [-0.39, 0.29) is 16.8 Å². The molecule has 0 aliphatic carbocycles. The molecule has 0 aromatic rings. The number of rotatable bonds is 5. The zero-order valence-electron chi connectivity index (χ0n) is 8.59.